The number of rotatable bonds is 51. The first kappa shape index (κ1) is 66.1. The molecule has 0 spiro atoms. The van der Waals surface area contributed by atoms with Crippen LogP contribution < -0.4 is 0 Å². The Kier molecular flexibility index (Phi) is 54.4. The van der Waals surface area contributed by atoms with Gasteiger partial charge in [-0.2, -0.15) is 0 Å². The average molecular weight is 972 g/mol. The molecular formula is C64H106O6. The van der Waals surface area contributed by atoms with Crippen LogP contribution in [-0.4, -0.2) is 37.2 Å². The molecule has 0 aromatic rings. The Hall–Kier alpha value is -3.93. The van der Waals surface area contributed by atoms with Gasteiger partial charge in [-0.3, -0.25) is 14.4 Å². The van der Waals surface area contributed by atoms with Crippen LogP contribution >= 0.6 is 0 Å². The van der Waals surface area contributed by atoms with E-state index in [-0.39, 0.29) is 31.1 Å². The van der Waals surface area contributed by atoms with Crippen molar-refractivity contribution in [2.75, 3.05) is 13.2 Å². The maximum Gasteiger partial charge on any atom is 0.306 e. The van der Waals surface area contributed by atoms with Crippen LogP contribution in [0.3, 0.4) is 0 Å². The molecule has 6 heteroatoms. The summed E-state index contributed by atoms with van der Waals surface area (Å²) in [4.78, 5) is 37.9. The summed E-state index contributed by atoms with van der Waals surface area (Å²) in [5.41, 5.74) is 0. The molecule has 0 rings (SSSR count). The monoisotopic (exact) mass is 971 g/mol. The van der Waals surface area contributed by atoms with E-state index < -0.39 is 6.10 Å². The number of allylic oxidation sites excluding steroid dienone is 18. The van der Waals surface area contributed by atoms with Gasteiger partial charge in [0.1, 0.15) is 13.2 Å². The van der Waals surface area contributed by atoms with Crippen molar-refractivity contribution in [3.05, 3.63) is 109 Å². The lowest BCUT2D eigenvalue weighted by Crippen LogP contribution is -2.30. The smallest absolute Gasteiger partial charge is 0.306 e. The number of carbonyl (C=O) groups excluding carboxylic acids is 3. The zero-order valence-corrected chi connectivity index (χ0v) is 45.5. The largest absolute Gasteiger partial charge is 0.462 e. The van der Waals surface area contributed by atoms with Crippen molar-refractivity contribution in [1.82, 2.24) is 0 Å². The van der Waals surface area contributed by atoms with Gasteiger partial charge in [-0.1, -0.05) is 239 Å². The topological polar surface area (TPSA) is 78.9 Å². The molecule has 0 aliphatic rings. The molecular weight excluding hydrogens is 865 g/mol. The van der Waals surface area contributed by atoms with Crippen LogP contribution in [0.1, 0.15) is 258 Å². The van der Waals surface area contributed by atoms with E-state index in [2.05, 4.69) is 130 Å². The average Bonchev–Trinajstić information content (AvgIpc) is 3.36. The van der Waals surface area contributed by atoms with E-state index in [4.69, 9.17) is 14.2 Å². The highest BCUT2D eigenvalue weighted by molar-refractivity contribution is 5.71. The molecule has 6 nitrogen and oxygen atoms in total. The van der Waals surface area contributed by atoms with Gasteiger partial charge in [0.2, 0.25) is 0 Å². The summed E-state index contributed by atoms with van der Waals surface area (Å²) in [5.74, 6) is -0.928. The molecule has 70 heavy (non-hydrogen) atoms. The second kappa shape index (κ2) is 57.6. The Labute approximate surface area is 431 Å². The van der Waals surface area contributed by atoms with Gasteiger partial charge in [0.25, 0.3) is 0 Å². The highest BCUT2D eigenvalue weighted by atomic mass is 16.6. The molecule has 1 atom stereocenters. The van der Waals surface area contributed by atoms with Crippen LogP contribution in [0, 0.1) is 0 Å². The number of hydrogen-bond donors (Lipinski definition) is 0. The van der Waals surface area contributed by atoms with Crippen molar-refractivity contribution >= 4 is 17.9 Å². The van der Waals surface area contributed by atoms with Crippen molar-refractivity contribution < 1.29 is 28.6 Å². The first-order chi connectivity index (χ1) is 34.5. The highest BCUT2D eigenvalue weighted by Gasteiger charge is 2.19. The fourth-order valence-electron chi connectivity index (χ4n) is 7.69. The van der Waals surface area contributed by atoms with Gasteiger partial charge in [-0.05, 0) is 109 Å². The number of hydrogen-bond acceptors (Lipinski definition) is 6. The summed E-state index contributed by atoms with van der Waals surface area (Å²) in [6, 6.07) is 0. The lowest BCUT2D eigenvalue weighted by molar-refractivity contribution is -0.167. The number of esters is 3. The summed E-state index contributed by atoms with van der Waals surface area (Å²) in [6.45, 7) is 6.43. The van der Waals surface area contributed by atoms with E-state index in [0.717, 1.165) is 135 Å². The van der Waals surface area contributed by atoms with E-state index in [1.54, 1.807) is 0 Å². The lowest BCUT2D eigenvalue weighted by Gasteiger charge is -2.18. The van der Waals surface area contributed by atoms with Crippen molar-refractivity contribution in [3.63, 3.8) is 0 Å². The third-order valence-corrected chi connectivity index (χ3v) is 12.0. The first-order valence-corrected chi connectivity index (χ1v) is 28.9. The van der Waals surface area contributed by atoms with Crippen molar-refractivity contribution in [3.8, 4) is 0 Å². The van der Waals surface area contributed by atoms with Crippen LogP contribution in [0.15, 0.2) is 109 Å². The molecule has 0 N–H and O–H groups in total. The van der Waals surface area contributed by atoms with Crippen molar-refractivity contribution in [2.24, 2.45) is 0 Å². The molecule has 0 heterocycles. The first-order valence-electron chi connectivity index (χ1n) is 28.9. The summed E-state index contributed by atoms with van der Waals surface area (Å²) >= 11 is 0. The molecule has 0 aliphatic heterocycles. The van der Waals surface area contributed by atoms with E-state index in [0.29, 0.717) is 19.3 Å². The minimum atomic E-state index is -0.790. The molecule has 0 fully saturated rings. The molecule has 0 saturated heterocycles. The van der Waals surface area contributed by atoms with Crippen LogP contribution in [0.5, 0.6) is 0 Å². The molecule has 0 amide bonds. The minimum absolute atomic E-state index is 0.0896. The van der Waals surface area contributed by atoms with Gasteiger partial charge in [-0.25, -0.2) is 0 Å². The van der Waals surface area contributed by atoms with Crippen molar-refractivity contribution in [1.29, 1.82) is 0 Å². The minimum Gasteiger partial charge on any atom is -0.462 e. The van der Waals surface area contributed by atoms with E-state index >= 15 is 0 Å². The summed E-state index contributed by atoms with van der Waals surface area (Å²) in [5, 5.41) is 0. The van der Waals surface area contributed by atoms with Crippen molar-refractivity contribution in [2.45, 2.75) is 264 Å². The third-order valence-electron chi connectivity index (χ3n) is 12.0. The van der Waals surface area contributed by atoms with Gasteiger partial charge in [-0.15, -0.1) is 0 Å². The second-order valence-corrected chi connectivity index (χ2v) is 18.8. The maximum absolute atomic E-state index is 12.8. The predicted octanol–water partition coefficient (Wildman–Crippen LogP) is 19.5. The summed E-state index contributed by atoms with van der Waals surface area (Å²) in [7, 11) is 0. The zero-order chi connectivity index (χ0) is 50.7. The lowest BCUT2D eigenvalue weighted by atomic mass is 10.1. The fraction of sp³-hybridized carbons (Fsp3) is 0.672. The van der Waals surface area contributed by atoms with Crippen LogP contribution in [0.2, 0.25) is 0 Å². The molecule has 0 saturated carbocycles. The Morgan fingerprint density at radius 2 is 0.557 bits per heavy atom. The standard InChI is InChI=1S/C64H106O6/c1-4-7-10-13-16-18-20-22-24-26-28-30-31-32-33-35-36-38-40-42-44-46-48-51-54-57-63(66)69-60-61(59-68-62(65)56-53-50-15-12-9-6-3)70-64(67)58-55-52-49-47-45-43-41-39-37-34-29-27-25-23-21-19-17-14-11-8-5-2/h7,10,16,18,21-24,27-30,32-33,36-39,61H,4-6,8-9,11-15,17,19-20,25-26,31,34-35,40-60H2,1-3H3/b10-7-,18-16-,23-21-,24-22-,29-27-,30-28-,33-32-,38-36-,39-37-. The Morgan fingerprint density at radius 1 is 0.300 bits per heavy atom. The molecule has 0 aromatic heterocycles. The molecule has 0 bridgehead atoms. The van der Waals surface area contributed by atoms with E-state index in [1.807, 2.05) is 0 Å². The van der Waals surface area contributed by atoms with Gasteiger partial charge in [0.15, 0.2) is 6.10 Å². The van der Waals surface area contributed by atoms with Gasteiger partial charge in [0, 0.05) is 19.3 Å². The normalized spacial score (nSPS) is 12.9. The SMILES string of the molecule is CC/C=C\C/C=C\C/C=C\C/C=C\C/C=C\C/C=C\CCCCCCCCC(=O)OCC(COC(=O)CCCCCCCC)OC(=O)CCCCCCCC/C=C\C/C=C\C/C=C\CCCCCCC. The molecule has 0 radical (unpaired) electrons. The highest BCUT2D eigenvalue weighted by Crippen LogP contribution is 2.14. The molecule has 1 unspecified atom stereocenters. The van der Waals surface area contributed by atoms with E-state index in [1.165, 1.54) is 83.5 Å². The van der Waals surface area contributed by atoms with Crippen LogP contribution in [0.25, 0.3) is 0 Å². The summed E-state index contributed by atoms with van der Waals surface area (Å²) < 4.78 is 16.7. The second-order valence-electron chi connectivity index (χ2n) is 18.8. The van der Waals surface area contributed by atoms with Gasteiger partial charge >= 0.3 is 17.9 Å². The predicted molar refractivity (Wildman–Crippen MR) is 302 cm³/mol. The zero-order valence-electron chi connectivity index (χ0n) is 45.5. The third kappa shape index (κ3) is 55.0. The van der Waals surface area contributed by atoms with E-state index in [9.17, 15) is 14.4 Å². The Morgan fingerprint density at radius 3 is 0.871 bits per heavy atom. The van der Waals surface area contributed by atoms with Gasteiger partial charge in [0.05, 0.1) is 0 Å². The van der Waals surface area contributed by atoms with Crippen LogP contribution in [0.4, 0.5) is 0 Å². The Balaban J connectivity index is 4.24. The molecule has 0 aromatic carbocycles. The van der Waals surface area contributed by atoms with Gasteiger partial charge < -0.3 is 14.2 Å². The number of ether oxygens (including phenoxy) is 3. The summed E-state index contributed by atoms with van der Waals surface area (Å²) in [6.07, 6.45) is 78.2. The number of carbonyl (C=O) groups is 3. The maximum atomic E-state index is 12.8. The fourth-order valence-corrected chi connectivity index (χ4v) is 7.69. The Bertz CT molecular complexity index is 1440. The number of unbranched alkanes of at least 4 members (excludes halogenated alkanes) is 22. The molecule has 0 aliphatic carbocycles. The molecule has 398 valence electrons. The quantitative estimate of drug-likeness (QED) is 0.0262. The van der Waals surface area contributed by atoms with Crippen LogP contribution in [-0.2, 0) is 28.6 Å².